The first kappa shape index (κ1) is 16.6. The number of allylic oxidation sites excluding steroid dienone is 1. The summed E-state index contributed by atoms with van der Waals surface area (Å²) in [7, 11) is 0. The van der Waals surface area contributed by atoms with Gasteiger partial charge in [0.1, 0.15) is 18.2 Å². The highest BCUT2D eigenvalue weighted by Crippen LogP contribution is 2.42. The van der Waals surface area contributed by atoms with E-state index in [2.05, 4.69) is 14.9 Å². The zero-order chi connectivity index (χ0) is 18.9. The van der Waals surface area contributed by atoms with Crippen molar-refractivity contribution in [2.24, 2.45) is 0 Å². The minimum Gasteiger partial charge on any atom is -0.478 e. The van der Waals surface area contributed by atoms with E-state index < -0.39 is 0 Å². The number of pyridine rings is 2. The molecule has 0 N–H and O–H groups in total. The number of hydrogen-bond donors (Lipinski definition) is 0. The van der Waals surface area contributed by atoms with E-state index in [9.17, 15) is 4.79 Å². The number of hydrogen-bond acceptors (Lipinski definition) is 6. The Bertz CT molecular complexity index is 1070. The molecule has 0 fully saturated rings. The summed E-state index contributed by atoms with van der Waals surface area (Å²) in [6.45, 7) is 1.87. The molecule has 4 heterocycles. The van der Waals surface area contributed by atoms with Gasteiger partial charge in [0.15, 0.2) is 5.76 Å². The molecule has 2 aromatic heterocycles. The first-order valence-corrected chi connectivity index (χ1v) is 9.02. The fourth-order valence-electron chi connectivity index (χ4n) is 3.46. The maximum Gasteiger partial charge on any atom is 0.231 e. The van der Waals surface area contributed by atoms with E-state index in [1.54, 1.807) is 36.9 Å². The molecule has 6 heteroatoms. The Balaban J connectivity index is 1.44. The molecule has 138 valence electrons. The van der Waals surface area contributed by atoms with E-state index >= 15 is 0 Å². The van der Waals surface area contributed by atoms with Crippen LogP contribution >= 0.6 is 0 Å². The molecule has 0 saturated heterocycles. The van der Waals surface area contributed by atoms with Crippen molar-refractivity contribution >= 4 is 11.9 Å². The zero-order valence-electron chi connectivity index (χ0n) is 15.0. The van der Waals surface area contributed by atoms with Gasteiger partial charge in [0.2, 0.25) is 5.78 Å². The summed E-state index contributed by atoms with van der Waals surface area (Å²) in [5.74, 6) is 1.58. The molecule has 0 unspecified atom stereocenters. The van der Waals surface area contributed by atoms with E-state index in [0.717, 1.165) is 29.0 Å². The van der Waals surface area contributed by atoms with Crippen molar-refractivity contribution in [3.8, 4) is 11.5 Å². The molecule has 0 radical (unpaired) electrons. The molecular weight excluding hydrogens is 354 g/mol. The molecular formula is C22H17N3O3. The van der Waals surface area contributed by atoms with Gasteiger partial charge >= 0.3 is 0 Å². The molecule has 2 aliphatic rings. The van der Waals surface area contributed by atoms with Gasteiger partial charge in [-0.25, -0.2) is 0 Å². The molecule has 0 atom stereocenters. The van der Waals surface area contributed by atoms with Crippen LogP contribution in [0.25, 0.3) is 6.08 Å². The van der Waals surface area contributed by atoms with Crippen LogP contribution in [-0.4, -0.2) is 27.4 Å². The molecule has 0 amide bonds. The first-order valence-electron chi connectivity index (χ1n) is 9.02. The second kappa shape index (κ2) is 6.90. The average Bonchev–Trinajstić information content (AvgIpc) is 3.05. The van der Waals surface area contributed by atoms with Crippen molar-refractivity contribution in [3.63, 3.8) is 0 Å². The van der Waals surface area contributed by atoms with Crippen LogP contribution in [0.15, 0.2) is 66.9 Å². The Morgan fingerprint density at radius 2 is 1.75 bits per heavy atom. The minimum absolute atomic E-state index is 0.110. The van der Waals surface area contributed by atoms with Gasteiger partial charge < -0.3 is 9.47 Å². The van der Waals surface area contributed by atoms with Crippen LogP contribution in [0.2, 0.25) is 0 Å². The van der Waals surface area contributed by atoms with E-state index in [4.69, 9.17) is 9.47 Å². The Kier molecular flexibility index (Phi) is 4.10. The molecule has 5 rings (SSSR count). The fraction of sp³-hybridized carbons (Fsp3) is 0.136. The molecule has 28 heavy (non-hydrogen) atoms. The summed E-state index contributed by atoms with van der Waals surface area (Å²) in [5.41, 5.74) is 3.51. The number of rotatable bonds is 3. The van der Waals surface area contributed by atoms with Gasteiger partial charge in [-0.3, -0.25) is 19.7 Å². The molecule has 6 nitrogen and oxygen atoms in total. The summed E-state index contributed by atoms with van der Waals surface area (Å²) in [6.07, 6.45) is 8.68. The lowest BCUT2D eigenvalue weighted by atomic mass is 10.0. The standard InChI is InChI=1S/C22H17N3O3/c26-21-17-1-2-19-18(13-25(14-27-19)12-16-5-9-24-10-6-16)22(17)28-20(21)11-15-3-7-23-8-4-15/h1-11H,12-14H2. The van der Waals surface area contributed by atoms with Crippen molar-refractivity contribution < 1.29 is 14.3 Å². The number of ketones is 1. The summed E-state index contributed by atoms with van der Waals surface area (Å²) < 4.78 is 11.9. The molecule has 0 spiro atoms. The van der Waals surface area contributed by atoms with Crippen LogP contribution in [0.4, 0.5) is 0 Å². The van der Waals surface area contributed by atoms with E-state index in [1.807, 2.05) is 30.3 Å². The minimum atomic E-state index is -0.110. The second-order valence-corrected chi connectivity index (χ2v) is 6.76. The van der Waals surface area contributed by atoms with Crippen LogP contribution in [0.1, 0.15) is 27.0 Å². The van der Waals surface area contributed by atoms with Crippen molar-refractivity contribution in [3.05, 3.63) is 89.2 Å². The monoisotopic (exact) mass is 371 g/mol. The second-order valence-electron chi connectivity index (χ2n) is 6.76. The zero-order valence-corrected chi connectivity index (χ0v) is 15.0. The van der Waals surface area contributed by atoms with Gasteiger partial charge in [-0.05, 0) is 53.6 Å². The predicted molar refractivity (Wildman–Crippen MR) is 103 cm³/mol. The van der Waals surface area contributed by atoms with Gasteiger partial charge in [0.05, 0.1) is 11.1 Å². The lowest BCUT2D eigenvalue weighted by molar-refractivity contribution is 0.0872. The molecule has 2 aliphatic heterocycles. The number of aromatic nitrogens is 2. The Hall–Kier alpha value is -3.51. The molecule has 0 aliphatic carbocycles. The van der Waals surface area contributed by atoms with Crippen molar-refractivity contribution in [2.45, 2.75) is 13.1 Å². The van der Waals surface area contributed by atoms with Crippen LogP contribution < -0.4 is 9.47 Å². The molecule has 0 saturated carbocycles. The SMILES string of the molecule is O=C1C(=Cc2ccncc2)Oc2c1ccc1c2CN(Cc2ccncc2)CO1. The Morgan fingerprint density at radius 1 is 1.00 bits per heavy atom. The summed E-state index contributed by atoms with van der Waals surface area (Å²) >= 11 is 0. The quantitative estimate of drug-likeness (QED) is 0.657. The van der Waals surface area contributed by atoms with Gasteiger partial charge in [-0.15, -0.1) is 0 Å². The van der Waals surface area contributed by atoms with Crippen LogP contribution in [-0.2, 0) is 13.1 Å². The maximum atomic E-state index is 12.8. The van der Waals surface area contributed by atoms with Crippen LogP contribution in [0.5, 0.6) is 11.5 Å². The average molecular weight is 371 g/mol. The lowest BCUT2D eigenvalue weighted by Crippen LogP contribution is -2.31. The predicted octanol–water partition coefficient (Wildman–Crippen LogP) is 3.44. The van der Waals surface area contributed by atoms with Gasteiger partial charge in [-0.1, -0.05) is 0 Å². The normalized spacial score (nSPS) is 17.0. The number of fused-ring (bicyclic) bond motifs is 3. The van der Waals surface area contributed by atoms with Gasteiger partial charge in [0.25, 0.3) is 0 Å². The van der Waals surface area contributed by atoms with Crippen molar-refractivity contribution in [1.29, 1.82) is 0 Å². The van der Waals surface area contributed by atoms with Gasteiger partial charge in [-0.2, -0.15) is 0 Å². The van der Waals surface area contributed by atoms with Gasteiger partial charge in [0, 0.05) is 37.9 Å². The fourth-order valence-corrected chi connectivity index (χ4v) is 3.46. The van der Waals surface area contributed by atoms with E-state index in [0.29, 0.717) is 30.3 Å². The van der Waals surface area contributed by atoms with Crippen molar-refractivity contribution in [2.75, 3.05) is 6.73 Å². The molecule has 1 aromatic carbocycles. The lowest BCUT2D eigenvalue weighted by Gasteiger charge is -2.29. The molecule has 0 bridgehead atoms. The smallest absolute Gasteiger partial charge is 0.231 e. The third kappa shape index (κ3) is 3.04. The number of ether oxygens (including phenoxy) is 2. The maximum absolute atomic E-state index is 12.8. The molecule has 3 aromatic rings. The summed E-state index contributed by atoms with van der Waals surface area (Å²) in [4.78, 5) is 23.0. The summed E-state index contributed by atoms with van der Waals surface area (Å²) in [6, 6.07) is 11.3. The van der Waals surface area contributed by atoms with Crippen LogP contribution in [0, 0.1) is 0 Å². The largest absolute Gasteiger partial charge is 0.478 e. The third-order valence-corrected chi connectivity index (χ3v) is 4.84. The number of carbonyl (C=O) groups is 1. The Morgan fingerprint density at radius 3 is 2.54 bits per heavy atom. The van der Waals surface area contributed by atoms with Crippen molar-refractivity contribution in [1.82, 2.24) is 14.9 Å². The topological polar surface area (TPSA) is 64.5 Å². The summed E-state index contributed by atoms with van der Waals surface area (Å²) in [5, 5.41) is 0. The van der Waals surface area contributed by atoms with Crippen LogP contribution in [0.3, 0.4) is 0 Å². The Labute approximate surface area is 162 Å². The number of benzene rings is 1. The van der Waals surface area contributed by atoms with E-state index in [1.165, 1.54) is 0 Å². The number of nitrogens with zero attached hydrogens (tertiary/aromatic N) is 3. The third-order valence-electron chi connectivity index (χ3n) is 4.84. The highest BCUT2D eigenvalue weighted by atomic mass is 16.5. The highest BCUT2D eigenvalue weighted by Gasteiger charge is 2.33. The highest BCUT2D eigenvalue weighted by molar-refractivity contribution is 6.15. The number of carbonyl (C=O) groups excluding carboxylic acids is 1. The number of Topliss-reactive ketones (excluding diaryl/α,β-unsaturated/α-hetero) is 1. The van der Waals surface area contributed by atoms with E-state index in [-0.39, 0.29) is 5.78 Å². The first-order chi connectivity index (χ1) is 13.8.